The topological polar surface area (TPSA) is 26.3 Å². The van der Waals surface area contributed by atoms with Gasteiger partial charge in [-0.2, -0.15) is 0 Å². The Kier molecular flexibility index (Phi) is 9.18. The Morgan fingerprint density at radius 1 is 0.679 bits per heavy atom. The third kappa shape index (κ3) is 6.77. The van der Waals surface area contributed by atoms with E-state index >= 15 is 0 Å². The van der Waals surface area contributed by atoms with Crippen molar-refractivity contribution in [2.24, 2.45) is 29.6 Å². The summed E-state index contributed by atoms with van der Waals surface area (Å²) in [6.07, 6.45) is 22.9. The number of carbonyl (C=O) groups is 1. The third-order valence-electron chi connectivity index (χ3n) is 8.56. The van der Waals surface area contributed by atoms with Crippen molar-refractivity contribution in [3.63, 3.8) is 0 Å². The first-order chi connectivity index (χ1) is 13.7. The molecule has 0 aromatic carbocycles. The maximum Gasteiger partial charge on any atom is 0.306 e. The smallest absolute Gasteiger partial charge is 0.306 e. The van der Waals surface area contributed by atoms with E-state index in [-0.39, 0.29) is 12.1 Å². The molecular formula is C26H46O2. The molecule has 3 aliphatic carbocycles. The van der Waals surface area contributed by atoms with Crippen LogP contribution in [0, 0.1) is 29.6 Å². The Hall–Kier alpha value is -0.530. The third-order valence-corrected chi connectivity index (χ3v) is 8.56. The minimum Gasteiger partial charge on any atom is -0.462 e. The molecule has 0 bridgehead atoms. The summed E-state index contributed by atoms with van der Waals surface area (Å²) in [5.41, 5.74) is 0. The van der Waals surface area contributed by atoms with Crippen molar-refractivity contribution in [1.82, 2.24) is 0 Å². The molecule has 3 saturated carbocycles. The van der Waals surface area contributed by atoms with Crippen LogP contribution in [0.25, 0.3) is 0 Å². The largest absolute Gasteiger partial charge is 0.462 e. The first kappa shape index (κ1) is 22.2. The number of rotatable bonds is 8. The van der Waals surface area contributed by atoms with E-state index in [0.717, 1.165) is 48.9 Å². The fourth-order valence-corrected chi connectivity index (χ4v) is 6.47. The van der Waals surface area contributed by atoms with Crippen molar-refractivity contribution in [1.29, 1.82) is 0 Å². The molecule has 3 aliphatic rings. The first-order valence-corrected chi connectivity index (χ1v) is 12.9. The van der Waals surface area contributed by atoms with Crippen LogP contribution in [-0.4, -0.2) is 12.1 Å². The van der Waals surface area contributed by atoms with Crippen LogP contribution in [0.15, 0.2) is 0 Å². The highest BCUT2D eigenvalue weighted by atomic mass is 16.5. The number of hydrogen-bond donors (Lipinski definition) is 0. The molecule has 0 spiro atoms. The summed E-state index contributed by atoms with van der Waals surface area (Å²) in [4.78, 5) is 11.7. The molecule has 0 aromatic heterocycles. The predicted octanol–water partition coefficient (Wildman–Crippen LogP) is 7.69. The molecule has 3 rings (SSSR count). The van der Waals surface area contributed by atoms with Crippen molar-refractivity contribution in [3.05, 3.63) is 0 Å². The molecule has 2 nitrogen and oxygen atoms in total. The van der Waals surface area contributed by atoms with E-state index in [1.807, 2.05) is 6.92 Å². The second-order valence-corrected chi connectivity index (χ2v) is 10.4. The lowest BCUT2D eigenvalue weighted by Gasteiger charge is -2.38. The summed E-state index contributed by atoms with van der Waals surface area (Å²) in [6, 6.07) is 0. The van der Waals surface area contributed by atoms with Gasteiger partial charge in [0.1, 0.15) is 6.10 Å². The average Bonchev–Trinajstić information content (AvgIpc) is 2.74. The molecule has 3 fully saturated rings. The van der Waals surface area contributed by atoms with Gasteiger partial charge in [-0.05, 0) is 74.5 Å². The molecule has 0 atom stereocenters. The van der Waals surface area contributed by atoms with Crippen LogP contribution in [0.3, 0.4) is 0 Å². The minimum atomic E-state index is 0.0228. The van der Waals surface area contributed by atoms with Gasteiger partial charge in [-0.15, -0.1) is 0 Å². The van der Waals surface area contributed by atoms with Crippen molar-refractivity contribution < 1.29 is 9.53 Å². The highest BCUT2D eigenvalue weighted by Gasteiger charge is 2.32. The molecule has 0 unspecified atom stereocenters. The van der Waals surface area contributed by atoms with Crippen molar-refractivity contribution >= 4 is 5.97 Å². The maximum absolute atomic E-state index is 11.7. The summed E-state index contributed by atoms with van der Waals surface area (Å²) in [6.45, 7) is 4.42. The van der Waals surface area contributed by atoms with Gasteiger partial charge in [-0.25, -0.2) is 0 Å². The van der Waals surface area contributed by atoms with Gasteiger partial charge >= 0.3 is 5.97 Å². The van der Waals surface area contributed by atoms with Gasteiger partial charge in [0.15, 0.2) is 0 Å². The number of hydrogen-bond acceptors (Lipinski definition) is 2. The van der Waals surface area contributed by atoms with E-state index in [9.17, 15) is 4.79 Å². The van der Waals surface area contributed by atoms with E-state index < -0.39 is 0 Å². The van der Waals surface area contributed by atoms with Gasteiger partial charge in [0.05, 0.1) is 0 Å². The summed E-state index contributed by atoms with van der Waals surface area (Å²) < 4.78 is 5.65. The summed E-state index contributed by atoms with van der Waals surface area (Å²) in [7, 11) is 0. The molecule has 0 aromatic rings. The quantitative estimate of drug-likeness (QED) is 0.397. The van der Waals surface area contributed by atoms with Gasteiger partial charge in [-0.3, -0.25) is 4.79 Å². The predicted molar refractivity (Wildman–Crippen MR) is 117 cm³/mol. The maximum atomic E-state index is 11.7. The molecule has 0 radical (unpaired) electrons. The van der Waals surface area contributed by atoms with E-state index in [4.69, 9.17) is 4.74 Å². The van der Waals surface area contributed by atoms with Crippen LogP contribution in [0.4, 0.5) is 0 Å². The number of ether oxygens (including phenoxy) is 1. The summed E-state index contributed by atoms with van der Waals surface area (Å²) in [5, 5.41) is 0. The van der Waals surface area contributed by atoms with E-state index in [1.165, 1.54) is 83.5 Å². The average molecular weight is 391 g/mol. The monoisotopic (exact) mass is 390 g/mol. The minimum absolute atomic E-state index is 0.0228. The Morgan fingerprint density at radius 2 is 1.14 bits per heavy atom. The zero-order valence-electron chi connectivity index (χ0n) is 18.8. The SMILES string of the molecule is CCCC(=O)OC1CCC(C2CCC(CC[C@H]3CC[C@H](CC)CC3)CC2)CC1. The van der Waals surface area contributed by atoms with E-state index in [2.05, 4.69) is 6.92 Å². The Balaban J connectivity index is 1.28. The molecule has 0 saturated heterocycles. The molecular weight excluding hydrogens is 344 g/mol. The second-order valence-electron chi connectivity index (χ2n) is 10.4. The molecule has 162 valence electrons. The molecule has 0 aliphatic heterocycles. The van der Waals surface area contributed by atoms with Crippen molar-refractivity contribution in [2.45, 2.75) is 129 Å². The second kappa shape index (κ2) is 11.6. The summed E-state index contributed by atoms with van der Waals surface area (Å²) >= 11 is 0. The van der Waals surface area contributed by atoms with Crippen molar-refractivity contribution in [2.75, 3.05) is 0 Å². The fraction of sp³-hybridized carbons (Fsp3) is 0.962. The van der Waals surface area contributed by atoms with Crippen LogP contribution >= 0.6 is 0 Å². The molecule has 0 amide bonds. The normalized spacial score (nSPS) is 36.8. The summed E-state index contributed by atoms with van der Waals surface area (Å²) in [5.74, 6) is 5.00. The van der Waals surface area contributed by atoms with Gasteiger partial charge in [0, 0.05) is 6.42 Å². The van der Waals surface area contributed by atoms with Crippen LogP contribution < -0.4 is 0 Å². The first-order valence-electron chi connectivity index (χ1n) is 12.9. The Bertz CT molecular complexity index is 435. The molecule has 2 heteroatoms. The lowest BCUT2D eigenvalue weighted by atomic mass is 9.69. The zero-order valence-corrected chi connectivity index (χ0v) is 18.8. The van der Waals surface area contributed by atoms with Gasteiger partial charge in [-0.1, -0.05) is 71.6 Å². The molecule has 0 N–H and O–H groups in total. The van der Waals surface area contributed by atoms with Crippen LogP contribution in [0.5, 0.6) is 0 Å². The van der Waals surface area contributed by atoms with Crippen LogP contribution in [-0.2, 0) is 9.53 Å². The van der Waals surface area contributed by atoms with Crippen LogP contribution in [0.1, 0.15) is 123 Å². The zero-order chi connectivity index (χ0) is 19.8. The lowest BCUT2D eigenvalue weighted by Crippen LogP contribution is -2.29. The van der Waals surface area contributed by atoms with Gasteiger partial charge < -0.3 is 4.74 Å². The Morgan fingerprint density at radius 3 is 1.64 bits per heavy atom. The van der Waals surface area contributed by atoms with Gasteiger partial charge in [0.2, 0.25) is 0 Å². The highest BCUT2D eigenvalue weighted by Crippen LogP contribution is 2.42. The molecule has 28 heavy (non-hydrogen) atoms. The van der Waals surface area contributed by atoms with Crippen LogP contribution in [0.2, 0.25) is 0 Å². The highest BCUT2D eigenvalue weighted by molar-refractivity contribution is 5.69. The fourth-order valence-electron chi connectivity index (χ4n) is 6.47. The Labute approximate surface area is 174 Å². The standard InChI is InChI=1S/C26H46O2/c1-3-5-26(27)28-25-18-16-24(17-19-25)23-14-12-22(13-15-23)11-10-21-8-6-20(4-2)7-9-21/h20-25H,3-19H2,1-2H3/t20-,21-,22?,23?,24?,25?. The van der Waals surface area contributed by atoms with E-state index in [0.29, 0.717) is 6.42 Å². The molecule has 0 heterocycles. The number of carbonyl (C=O) groups excluding carboxylic acids is 1. The van der Waals surface area contributed by atoms with Crippen molar-refractivity contribution in [3.8, 4) is 0 Å². The lowest BCUT2D eigenvalue weighted by molar-refractivity contribution is -0.151. The number of esters is 1. The van der Waals surface area contributed by atoms with Gasteiger partial charge in [0.25, 0.3) is 0 Å². The van der Waals surface area contributed by atoms with E-state index in [1.54, 1.807) is 0 Å².